The van der Waals surface area contributed by atoms with Crippen molar-refractivity contribution in [2.24, 2.45) is 11.8 Å². The molecule has 0 spiro atoms. The number of carbonyl (C=O) groups excluding carboxylic acids is 1. The van der Waals surface area contributed by atoms with Gasteiger partial charge in [-0.2, -0.15) is 0 Å². The number of likely N-dealkylation sites (tertiary alicyclic amines) is 1. The molecule has 1 aliphatic rings. The van der Waals surface area contributed by atoms with Crippen molar-refractivity contribution in [3.8, 4) is 11.5 Å². The summed E-state index contributed by atoms with van der Waals surface area (Å²) in [7, 11) is 0. The number of nitrogens with zero attached hydrogens (tertiary/aromatic N) is 3. The van der Waals surface area contributed by atoms with Crippen LogP contribution >= 0.6 is 0 Å². The molecule has 3 rings (SSSR count). The fraction of sp³-hybridized carbons (Fsp3) is 0.438. The van der Waals surface area contributed by atoms with Crippen molar-refractivity contribution in [2.75, 3.05) is 18.4 Å². The minimum atomic E-state index is -0.0546. The van der Waals surface area contributed by atoms with Crippen molar-refractivity contribution in [1.82, 2.24) is 15.1 Å². The summed E-state index contributed by atoms with van der Waals surface area (Å²) in [6.07, 6.45) is 2.47. The van der Waals surface area contributed by atoms with E-state index in [9.17, 15) is 4.79 Å². The van der Waals surface area contributed by atoms with Gasteiger partial charge in [-0.15, -0.1) is 10.2 Å². The Labute approximate surface area is 129 Å². The van der Waals surface area contributed by atoms with E-state index in [1.807, 2.05) is 29.2 Å². The number of carbonyl (C=O) groups is 1. The van der Waals surface area contributed by atoms with E-state index in [-0.39, 0.29) is 6.03 Å². The van der Waals surface area contributed by atoms with Crippen molar-refractivity contribution in [1.29, 1.82) is 0 Å². The van der Waals surface area contributed by atoms with Crippen LogP contribution in [0.25, 0.3) is 11.5 Å². The van der Waals surface area contributed by atoms with Crippen molar-refractivity contribution in [3.63, 3.8) is 0 Å². The lowest BCUT2D eigenvalue weighted by molar-refractivity contribution is 0.156. The molecule has 116 valence electrons. The molecule has 1 N–H and O–H groups in total. The highest BCUT2D eigenvalue weighted by atomic mass is 16.4. The summed E-state index contributed by atoms with van der Waals surface area (Å²) in [5.74, 6) is 1.52. The number of benzene rings is 1. The van der Waals surface area contributed by atoms with Crippen LogP contribution in [-0.2, 0) is 0 Å². The summed E-state index contributed by atoms with van der Waals surface area (Å²) < 4.78 is 5.18. The van der Waals surface area contributed by atoms with Crippen molar-refractivity contribution in [2.45, 2.75) is 20.3 Å². The molecule has 6 heteroatoms. The van der Waals surface area contributed by atoms with E-state index in [0.717, 1.165) is 24.3 Å². The van der Waals surface area contributed by atoms with Crippen molar-refractivity contribution in [3.05, 3.63) is 30.7 Å². The second-order valence-electron chi connectivity index (χ2n) is 6.11. The van der Waals surface area contributed by atoms with Crippen LogP contribution in [0.1, 0.15) is 20.3 Å². The maximum Gasteiger partial charge on any atom is 0.321 e. The van der Waals surface area contributed by atoms with Crippen LogP contribution in [-0.4, -0.2) is 34.2 Å². The maximum atomic E-state index is 12.4. The molecule has 1 aromatic carbocycles. The lowest BCUT2D eigenvalue weighted by Gasteiger charge is -2.34. The zero-order chi connectivity index (χ0) is 15.5. The molecular formula is C16H20N4O2. The predicted octanol–water partition coefficient (Wildman–Crippen LogP) is 3.25. The molecule has 22 heavy (non-hydrogen) atoms. The molecule has 2 atom stereocenters. The predicted molar refractivity (Wildman–Crippen MR) is 83.3 cm³/mol. The number of nitrogens with one attached hydrogen (secondary N) is 1. The molecule has 0 aliphatic carbocycles. The first kappa shape index (κ1) is 14.6. The second kappa shape index (κ2) is 6.17. The number of hydrogen-bond acceptors (Lipinski definition) is 4. The third-order valence-corrected chi connectivity index (χ3v) is 3.88. The Bertz CT molecular complexity index is 631. The van der Waals surface area contributed by atoms with Gasteiger partial charge in [0.2, 0.25) is 12.3 Å². The van der Waals surface area contributed by atoms with Crippen LogP contribution in [0.3, 0.4) is 0 Å². The van der Waals surface area contributed by atoms with Gasteiger partial charge in [0.05, 0.1) is 0 Å². The van der Waals surface area contributed by atoms with Gasteiger partial charge in [0, 0.05) is 24.3 Å². The molecule has 1 fully saturated rings. The SMILES string of the molecule is C[C@@H]1C[C@@H](C)CN(C(=O)Nc2cccc(-c3nnco3)c2)C1. The molecule has 0 unspecified atom stereocenters. The molecule has 1 saturated heterocycles. The highest BCUT2D eigenvalue weighted by Gasteiger charge is 2.25. The Morgan fingerprint density at radius 1 is 1.32 bits per heavy atom. The lowest BCUT2D eigenvalue weighted by Crippen LogP contribution is -2.44. The molecule has 1 aromatic heterocycles. The van der Waals surface area contributed by atoms with Gasteiger partial charge in [-0.3, -0.25) is 0 Å². The normalized spacial score (nSPS) is 21.6. The largest absolute Gasteiger partial charge is 0.423 e. The average molecular weight is 300 g/mol. The number of anilines is 1. The zero-order valence-electron chi connectivity index (χ0n) is 12.8. The molecule has 0 radical (unpaired) electrons. The Balaban J connectivity index is 1.70. The molecular weight excluding hydrogens is 280 g/mol. The highest BCUT2D eigenvalue weighted by Crippen LogP contribution is 2.23. The Morgan fingerprint density at radius 3 is 2.77 bits per heavy atom. The standard InChI is InChI=1S/C16H20N4O2/c1-11-6-12(2)9-20(8-11)16(21)18-14-5-3-4-13(7-14)15-19-17-10-22-15/h3-5,7,10-12H,6,8-9H2,1-2H3,(H,18,21)/t11-,12-/m1/s1. The summed E-state index contributed by atoms with van der Waals surface area (Å²) in [6.45, 7) is 5.98. The molecule has 0 bridgehead atoms. The summed E-state index contributed by atoms with van der Waals surface area (Å²) in [5, 5.41) is 10.5. The topological polar surface area (TPSA) is 71.3 Å². The highest BCUT2D eigenvalue weighted by molar-refractivity contribution is 5.90. The van der Waals surface area contributed by atoms with Gasteiger partial charge < -0.3 is 14.6 Å². The van der Waals surface area contributed by atoms with Gasteiger partial charge in [-0.25, -0.2) is 4.79 Å². The van der Waals surface area contributed by atoms with Crippen LogP contribution < -0.4 is 5.32 Å². The van der Waals surface area contributed by atoms with E-state index < -0.39 is 0 Å². The lowest BCUT2D eigenvalue weighted by atomic mass is 9.92. The van der Waals surface area contributed by atoms with E-state index in [1.54, 1.807) is 0 Å². The number of piperidine rings is 1. The minimum absolute atomic E-state index is 0.0546. The minimum Gasteiger partial charge on any atom is -0.423 e. The second-order valence-corrected chi connectivity index (χ2v) is 6.11. The Kier molecular flexibility index (Phi) is 4.09. The van der Waals surface area contributed by atoms with E-state index in [1.165, 1.54) is 12.8 Å². The number of amides is 2. The smallest absolute Gasteiger partial charge is 0.321 e. The van der Waals surface area contributed by atoms with Crippen molar-refractivity contribution >= 4 is 11.7 Å². The summed E-state index contributed by atoms with van der Waals surface area (Å²) in [4.78, 5) is 14.3. The Morgan fingerprint density at radius 2 is 2.09 bits per heavy atom. The van der Waals surface area contributed by atoms with Crippen LogP contribution in [0.4, 0.5) is 10.5 Å². The van der Waals surface area contributed by atoms with Crippen LogP contribution in [0.5, 0.6) is 0 Å². The van der Waals surface area contributed by atoms with Crippen LogP contribution in [0, 0.1) is 11.8 Å². The van der Waals surface area contributed by atoms with E-state index in [4.69, 9.17) is 4.42 Å². The first-order chi connectivity index (χ1) is 10.6. The van der Waals surface area contributed by atoms with Crippen LogP contribution in [0.15, 0.2) is 35.1 Å². The van der Waals surface area contributed by atoms with Gasteiger partial charge in [0.1, 0.15) is 0 Å². The fourth-order valence-corrected chi connectivity index (χ4v) is 3.06. The maximum absolute atomic E-state index is 12.4. The Hall–Kier alpha value is -2.37. The van der Waals surface area contributed by atoms with Gasteiger partial charge in [-0.1, -0.05) is 19.9 Å². The van der Waals surface area contributed by atoms with E-state index in [2.05, 4.69) is 29.4 Å². The average Bonchev–Trinajstić information content (AvgIpc) is 3.00. The molecule has 2 amide bonds. The first-order valence-corrected chi connectivity index (χ1v) is 7.54. The summed E-state index contributed by atoms with van der Waals surface area (Å²) in [6, 6.07) is 7.36. The third-order valence-electron chi connectivity index (χ3n) is 3.88. The van der Waals surface area contributed by atoms with Gasteiger partial charge in [-0.05, 0) is 36.5 Å². The van der Waals surface area contributed by atoms with Gasteiger partial charge in [0.15, 0.2) is 0 Å². The zero-order valence-corrected chi connectivity index (χ0v) is 12.8. The quantitative estimate of drug-likeness (QED) is 0.924. The van der Waals surface area contributed by atoms with E-state index in [0.29, 0.717) is 17.7 Å². The molecule has 1 aliphatic heterocycles. The molecule has 6 nitrogen and oxygen atoms in total. The van der Waals surface area contributed by atoms with Crippen LogP contribution in [0.2, 0.25) is 0 Å². The monoisotopic (exact) mass is 300 g/mol. The molecule has 2 aromatic rings. The third kappa shape index (κ3) is 3.27. The number of hydrogen-bond donors (Lipinski definition) is 1. The number of aromatic nitrogens is 2. The van der Waals surface area contributed by atoms with Gasteiger partial charge in [0.25, 0.3) is 0 Å². The van der Waals surface area contributed by atoms with E-state index >= 15 is 0 Å². The molecule has 2 heterocycles. The fourth-order valence-electron chi connectivity index (χ4n) is 3.06. The summed E-state index contributed by atoms with van der Waals surface area (Å²) in [5.41, 5.74) is 1.52. The van der Waals surface area contributed by atoms with Crippen molar-refractivity contribution < 1.29 is 9.21 Å². The van der Waals surface area contributed by atoms with Gasteiger partial charge >= 0.3 is 6.03 Å². The summed E-state index contributed by atoms with van der Waals surface area (Å²) >= 11 is 0. The number of urea groups is 1. The first-order valence-electron chi connectivity index (χ1n) is 7.54. The number of rotatable bonds is 2. The molecule has 0 saturated carbocycles.